The highest BCUT2D eigenvalue weighted by molar-refractivity contribution is 9.10. The number of benzene rings is 1. The monoisotopic (exact) mass is 547 g/mol. The van der Waals surface area contributed by atoms with Crippen LogP contribution in [-0.2, 0) is 29.8 Å². The Morgan fingerprint density at radius 1 is 1.39 bits per heavy atom. The first-order chi connectivity index (χ1) is 15.6. The zero-order chi connectivity index (χ0) is 24.2. The van der Waals surface area contributed by atoms with Crippen molar-refractivity contribution in [1.82, 2.24) is 14.6 Å². The number of carbonyl (C=O) groups is 1. The maximum Gasteiger partial charge on any atom is 0.403 e. The van der Waals surface area contributed by atoms with Gasteiger partial charge in [0.1, 0.15) is 18.4 Å². The fraction of sp³-hybridized carbons (Fsp3) is 0.421. The first-order valence-electron chi connectivity index (χ1n) is 9.81. The van der Waals surface area contributed by atoms with Gasteiger partial charge in [0.25, 0.3) is 5.56 Å². The summed E-state index contributed by atoms with van der Waals surface area (Å²) in [7, 11) is -3.35. The molecule has 4 N–H and O–H groups in total. The molecule has 1 aliphatic rings. The Morgan fingerprint density at radius 3 is 2.76 bits per heavy atom. The molecule has 180 valence electrons. The Hall–Kier alpha value is -2.12. The fourth-order valence-corrected chi connectivity index (χ4v) is 4.63. The summed E-state index contributed by atoms with van der Waals surface area (Å²) in [5.74, 6) is -0.753. The number of aliphatic hydroxyl groups is 1. The summed E-state index contributed by atoms with van der Waals surface area (Å²) < 4.78 is 29.1. The third-order valence-electron chi connectivity index (χ3n) is 4.94. The van der Waals surface area contributed by atoms with Gasteiger partial charge >= 0.3 is 19.4 Å². The standard InChI is InChI=1S/C19H23BrN3O9P/c1-30-18(26)13(7-11-5-3-2-4-6-11)22-33(28,29)31-10-15-14(24)8-16(32-15)23-9-12(20)17(25)21-19(23)27/h2-6,9,13-16,24H,7-8,10H2,1H3,(H,21,25,27)(H2,22,28,29). The second-order valence-electron chi connectivity index (χ2n) is 7.29. The lowest BCUT2D eigenvalue weighted by Gasteiger charge is -2.22. The number of aliphatic hydroxyl groups excluding tert-OH is 1. The maximum absolute atomic E-state index is 12.6. The lowest BCUT2D eigenvalue weighted by atomic mass is 10.1. The van der Waals surface area contributed by atoms with Crippen LogP contribution in [-0.4, -0.2) is 57.5 Å². The number of nitrogens with one attached hydrogen (secondary N) is 2. The zero-order valence-corrected chi connectivity index (χ0v) is 19.9. The number of rotatable bonds is 9. The molecule has 33 heavy (non-hydrogen) atoms. The van der Waals surface area contributed by atoms with E-state index in [4.69, 9.17) is 14.0 Å². The van der Waals surface area contributed by atoms with Crippen molar-refractivity contribution in [2.24, 2.45) is 0 Å². The van der Waals surface area contributed by atoms with Crippen molar-refractivity contribution in [3.63, 3.8) is 0 Å². The van der Waals surface area contributed by atoms with E-state index in [1.165, 1.54) is 6.20 Å². The van der Waals surface area contributed by atoms with Crippen molar-refractivity contribution < 1.29 is 33.4 Å². The summed E-state index contributed by atoms with van der Waals surface area (Å²) in [4.78, 5) is 47.9. The predicted molar refractivity (Wildman–Crippen MR) is 118 cm³/mol. The van der Waals surface area contributed by atoms with Crippen LogP contribution in [0.4, 0.5) is 0 Å². The van der Waals surface area contributed by atoms with Gasteiger partial charge < -0.3 is 19.5 Å². The first-order valence-corrected chi connectivity index (χ1v) is 12.2. The van der Waals surface area contributed by atoms with E-state index in [0.29, 0.717) is 0 Å². The van der Waals surface area contributed by atoms with E-state index < -0.39 is 56.0 Å². The Kier molecular flexibility index (Phi) is 8.40. The van der Waals surface area contributed by atoms with E-state index in [0.717, 1.165) is 17.2 Å². The molecular formula is C19H23BrN3O9P. The molecule has 0 bridgehead atoms. The zero-order valence-electron chi connectivity index (χ0n) is 17.4. The Bertz CT molecular complexity index is 1140. The number of aromatic nitrogens is 2. The van der Waals surface area contributed by atoms with Gasteiger partial charge in [0.05, 0.1) is 24.3 Å². The molecule has 2 aromatic rings. The van der Waals surface area contributed by atoms with Crippen LogP contribution in [0.1, 0.15) is 18.2 Å². The summed E-state index contributed by atoms with van der Waals surface area (Å²) >= 11 is 3.02. The average molecular weight is 548 g/mol. The number of H-pyrrole nitrogens is 1. The van der Waals surface area contributed by atoms with E-state index in [-0.39, 0.29) is 17.3 Å². The normalized spacial score (nSPS) is 23.1. The van der Waals surface area contributed by atoms with Gasteiger partial charge in [-0.1, -0.05) is 30.3 Å². The minimum atomic E-state index is -4.51. The smallest absolute Gasteiger partial charge is 0.403 e. The molecule has 5 unspecified atom stereocenters. The highest BCUT2D eigenvalue weighted by Gasteiger charge is 2.38. The Labute approximate surface area is 196 Å². The topological polar surface area (TPSA) is 169 Å². The molecule has 1 aromatic carbocycles. The first kappa shape index (κ1) is 25.5. The molecular weight excluding hydrogens is 525 g/mol. The molecule has 0 aliphatic carbocycles. The van der Waals surface area contributed by atoms with Crippen LogP contribution in [0.15, 0.2) is 50.6 Å². The van der Waals surface area contributed by atoms with Crippen molar-refractivity contribution in [3.8, 4) is 0 Å². The van der Waals surface area contributed by atoms with E-state index >= 15 is 0 Å². The van der Waals surface area contributed by atoms with Crippen molar-refractivity contribution >= 4 is 29.6 Å². The molecule has 5 atom stereocenters. The quantitative estimate of drug-likeness (QED) is 0.255. The Balaban J connectivity index is 1.63. The number of ether oxygens (including phenoxy) is 2. The van der Waals surface area contributed by atoms with Crippen LogP contribution in [0, 0.1) is 0 Å². The van der Waals surface area contributed by atoms with Gasteiger partial charge in [-0.25, -0.2) is 14.4 Å². The second-order valence-corrected chi connectivity index (χ2v) is 9.70. The SMILES string of the molecule is COC(=O)C(Cc1ccccc1)NP(=O)(O)OCC1OC(n2cc(Br)c(=O)[nH]c2=O)CC1O. The second kappa shape index (κ2) is 10.9. The average Bonchev–Trinajstić information content (AvgIpc) is 3.14. The highest BCUT2D eigenvalue weighted by atomic mass is 79.9. The number of esters is 1. The van der Waals surface area contributed by atoms with Crippen LogP contribution in [0.5, 0.6) is 0 Å². The predicted octanol–water partition coefficient (Wildman–Crippen LogP) is 0.438. The van der Waals surface area contributed by atoms with Gasteiger partial charge in [-0.3, -0.25) is 23.7 Å². The molecule has 12 nitrogen and oxygen atoms in total. The number of hydrogen-bond donors (Lipinski definition) is 4. The number of methoxy groups -OCH3 is 1. The van der Waals surface area contributed by atoms with Gasteiger partial charge in [-0.05, 0) is 27.9 Å². The van der Waals surface area contributed by atoms with Gasteiger partial charge in [0.15, 0.2) is 0 Å². The highest BCUT2D eigenvalue weighted by Crippen LogP contribution is 2.40. The summed E-state index contributed by atoms with van der Waals surface area (Å²) in [5.41, 5.74) is -0.619. The fourth-order valence-electron chi connectivity index (χ4n) is 3.29. The van der Waals surface area contributed by atoms with Crippen molar-refractivity contribution in [3.05, 3.63) is 67.4 Å². The Morgan fingerprint density at radius 2 is 2.09 bits per heavy atom. The molecule has 0 amide bonds. The lowest BCUT2D eigenvalue weighted by Crippen LogP contribution is -2.38. The van der Waals surface area contributed by atoms with E-state index in [2.05, 4.69) is 26.0 Å². The van der Waals surface area contributed by atoms with Gasteiger partial charge in [0, 0.05) is 12.6 Å². The summed E-state index contributed by atoms with van der Waals surface area (Å²) in [6.07, 6.45) is -1.80. The number of halogens is 1. The molecule has 2 heterocycles. The van der Waals surface area contributed by atoms with Crippen LogP contribution in [0.25, 0.3) is 0 Å². The minimum Gasteiger partial charge on any atom is -0.468 e. The largest absolute Gasteiger partial charge is 0.468 e. The van der Waals surface area contributed by atoms with Crippen molar-refractivity contribution in [1.29, 1.82) is 0 Å². The molecule has 1 aromatic heterocycles. The number of hydrogen-bond acceptors (Lipinski definition) is 8. The summed E-state index contributed by atoms with van der Waals surface area (Å²) in [5, 5.41) is 12.5. The van der Waals surface area contributed by atoms with Gasteiger partial charge in [-0.2, -0.15) is 0 Å². The van der Waals surface area contributed by atoms with Gasteiger partial charge in [-0.15, -0.1) is 0 Å². The molecule has 0 saturated carbocycles. The summed E-state index contributed by atoms with van der Waals surface area (Å²) in [6, 6.07) is 7.67. The lowest BCUT2D eigenvalue weighted by molar-refractivity contribution is -0.142. The number of carbonyl (C=O) groups excluding carboxylic acids is 1. The molecule has 0 radical (unpaired) electrons. The van der Waals surface area contributed by atoms with Crippen LogP contribution >= 0.6 is 23.7 Å². The van der Waals surface area contributed by atoms with Crippen LogP contribution < -0.4 is 16.3 Å². The van der Waals surface area contributed by atoms with E-state index in [9.17, 15) is 28.9 Å². The van der Waals surface area contributed by atoms with Gasteiger partial charge in [0.2, 0.25) is 0 Å². The molecule has 14 heteroatoms. The van der Waals surface area contributed by atoms with Crippen LogP contribution in [0.3, 0.4) is 0 Å². The molecule has 1 fully saturated rings. The molecule has 1 aliphatic heterocycles. The summed E-state index contributed by atoms with van der Waals surface area (Å²) in [6.45, 7) is -0.503. The maximum atomic E-state index is 12.6. The van der Waals surface area contributed by atoms with Crippen molar-refractivity contribution in [2.75, 3.05) is 13.7 Å². The molecule has 0 spiro atoms. The molecule has 1 saturated heterocycles. The third-order valence-corrected chi connectivity index (χ3v) is 6.64. The van der Waals surface area contributed by atoms with E-state index in [1.807, 2.05) is 0 Å². The molecule has 3 rings (SSSR count). The van der Waals surface area contributed by atoms with Crippen molar-refractivity contribution in [2.45, 2.75) is 37.3 Å². The van der Waals surface area contributed by atoms with E-state index in [1.54, 1.807) is 30.3 Å². The number of nitrogens with zero attached hydrogens (tertiary/aromatic N) is 1. The third kappa shape index (κ3) is 6.70. The van der Waals surface area contributed by atoms with Crippen LogP contribution in [0.2, 0.25) is 0 Å². The minimum absolute atomic E-state index is 0.0195. The number of aromatic amines is 1.